The fourth-order valence-electron chi connectivity index (χ4n) is 4.79. The van der Waals surface area contributed by atoms with Crippen molar-refractivity contribution in [1.29, 1.82) is 0 Å². The summed E-state index contributed by atoms with van der Waals surface area (Å²) in [5, 5.41) is 21.7. The maximum absolute atomic E-state index is 13.8. The van der Waals surface area contributed by atoms with Crippen LogP contribution in [-0.2, 0) is 24.1 Å². The number of aromatic nitrogens is 5. The minimum atomic E-state index is -3.52. The van der Waals surface area contributed by atoms with Crippen LogP contribution in [0.1, 0.15) is 10.4 Å². The number of ether oxygens (including phenoxy) is 1. The van der Waals surface area contributed by atoms with E-state index in [2.05, 4.69) is 20.4 Å². The van der Waals surface area contributed by atoms with Gasteiger partial charge in [-0.25, -0.2) is 22.8 Å². The number of anilines is 3. The van der Waals surface area contributed by atoms with E-state index in [1.165, 1.54) is 77.7 Å². The lowest BCUT2D eigenvalue weighted by Crippen LogP contribution is -2.39. The van der Waals surface area contributed by atoms with Gasteiger partial charge in [0, 0.05) is 52.0 Å². The number of phenols is 1. The number of carbonyl (C=O) groups is 3. The molecule has 0 aliphatic heterocycles. The van der Waals surface area contributed by atoms with Gasteiger partial charge in [0.25, 0.3) is 11.5 Å². The number of nitrogens with one attached hydrogen (secondary N) is 2. The van der Waals surface area contributed by atoms with E-state index < -0.39 is 45.1 Å². The fraction of sp³-hybridized carbons (Fsp3) is 0.207. The predicted octanol–water partition coefficient (Wildman–Crippen LogP) is 1.48. The van der Waals surface area contributed by atoms with Crippen molar-refractivity contribution in [2.45, 2.75) is 0 Å². The number of nitrogens with zero attached hydrogens (tertiary/aromatic N) is 7. The zero-order chi connectivity index (χ0) is 35.2. The average molecular weight is 680 g/mol. The summed E-state index contributed by atoms with van der Waals surface area (Å²) in [5.74, 6) is -1.51. The Balaban J connectivity index is 1.61. The molecule has 18 nitrogen and oxygen atoms in total. The first-order valence-electron chi connectivity index (χ1n) is 13.9. The van der Waals surface area contributed by atoms with Crippen molar-refractivity contribution in [2.24, 2.45) is 14.1 Å². The third kappa shape index (κ3) is 6.00. The number of aromatic hydroxyl groups is 1. The Morgan fingerprint density at radius 3 is 2.23 bits per heavy atom. The highest BCUT2D eigenvalue weighted by Crippen LogP contribution is 2.42. The molecule has 2 aromatic heterocycles. The summed E-state index contributed by atoms with van der Waals surface area (Å²) in [6.45, 7) is 0. The number of hydrogen-bond donors (Lipinski definition) is 3. The van der Waals surface area contributed by atoms with E-state index in [0.29, 0.717) is 0 Å². The van der Waals surface area contributed by atoms with Crippen molar-refractivity contribution in [1.82, 2.24) is 29.0 Å². The molecule has 0 spiro atoms. The topological polar surface area (TPSA) is 220 Å². The second kappa shape index (κ2) is 12.2. The molecule has 0 aliphatic carbocycles. The van der Waals surface area contributed by atoms with Crippen LogP contribution in [0.3, 0.4) is 0 Å². The first-order chi connectivity index (χ1) is 22.5. The van der Waals surface area contributed by atoms with Gasteiger partial charge >= 0.3 is 17.8 Å². The summed E-state index contributed by atoms with van der Waals surface area (Å²) in [7, 11) is 3.30. The van der Waals surface area contributed by atoms with Gasteiger partial charge in [-0.05, 0) is 36.4 Å². The lowest BCUT2D eigenvalue weighted by molar-refractivity contribution is 0.102. The summed E-state index contributed by atoms with van der Waals surface area (Å²) in [6, 6.07) is 10.4. The highest BCUT2D eigenvalue weighted by Gasteiger charge is 2.27. The number of hydrogen-bond acceptors (Lipinski definition) is 11. The molecule has 3 aromatic carbocycles. The number of rotatable bonds is 6. The van der Waals surface area contributed by atoms with E-state index in [0.717, 1.165) is 35.9 Å². The Morgan fingerprint density at radius 2 is 1.60 bits per heavy atom. The minimum absolute atomic E-state index is 0.0239. The number of aryl methyl sites for hydroxylation is 1. The Morgan fingerprint density at radius 1 is 0.958 bits per heavy atom. The Hall–Kier alpha value is -6.24. The second-order valence-corrected chi connectivity index (χ2v) is 12.6. The third-order valence-corrected chi connectivity index (χ3v) is 7.81. The van der Waals surface area contributed by atoms with Crippen LogP contribution >= 0.6 is 0 Å². The molecule has 19 heteroatoms. The normalized spacial score (nSPS) is 11.4. The maximum atomic E-state index is 13.8. The van der Waals surface area contributed by atoms with Crippen LogP contribution < -0.4 is 30.9 Å². The van der Waals surface area contributed by atoms with Crippen LogP contribution in [0, 0.1) is 0 Å². The lowest BCUT2D eigenvalue weighted by atomic mass is 10.0. The number of phenolic OH excluding ortho intramolecular Hbond substituents is 1. The van der Waals surface area contributed by atoms with Crippen molar-refractivity contribution in [3.63, 3.8) is 0 Å². The Labute approximate surface area is 271 Å². The zero-order valence-electron chi connectivity index (χ0n) is 26.4. The molecule has 0 unspecified atom stereocenters. The van der Waals surface area contributed by atoms with Gasteiger partial charge in [0.2, 0.25) is 10.0 Å². The van der Waals surface area contributed by atoms with Gasteiger partial charge in [-0.3, -0.25) is 28.3 Å². The molecular weight excluding hydrogens is 650 g/mol. The number of fused-ring (bicyclic) bond motifs is 2. The molecule has 2 heterocycles. The van der Waals surface area contributed by atoms with E-state index in [4.69, 9.17) is 4.74 Å². The van der Waals surface area contributed by atoms with Crippen LogP contribution in [0.4, 0.5) is 26.7 Å². The monoisotopic (exact) mass is 679 g/mol. The number of carbonyl (C=O) groups excluding carboxylic acids is 3. The molecule has 0 atom stereocenters. The van der Waals surface area contributed by atoms with Crippen molar-refractivity contribution in [3.05, 3.63) is 74.9 Å². The van der Waals surface area contributed by atoms with Gasteiger partial charge in [0.15, 0.2) is 11.2 Å². The Bertz CT molecular complexity index is 2380. The van der Waals surface area contributed by atoms with Gasteiger partial charge in [-0.1, -0.05) is 17.3 Å². The average Bonchev–Trinajstić information content (AvgIpc) is 3.48. The van der Waals surface area contributed by atoms with Crippen LogP contribution in [0.25, 0.3) is 21.9 Å². The van der Waals surface area contributed by atoms with Crippen molar-refractivity contribution in [3.8, 4) is 11.5 Å². The van der Waals surface area contributed by atoms with Crippen LogP contribution in [-0.4, -0.2) is 88.0 Å². The van der Waals surface area contributed by atoms with Gasteiger partial charge in [-0.15, -0.1) is 5.10 Å². The number of amides is 3. The summed E-state index contributed by atoms with van der Waals surface area (Å²) >= 11 is 0. The minimum Gasteiger partial charge on any atom is -0.506 e. The molecule has 0 bridgehead atoms. The molecule has 0 saturated heterocycles. The standard InChI is InChI=1S/C29H29N9O9S/c1-34(2)29(44)47-20-14-18(25(40)30-15-10-12-16(13-11-15)32-48(6,45)46)23(39)17-8-7-9-19(21(17)20)35(3)28(43)38-22-24(31-33-38)36(4)27(42)37(5)26(22)41/h7-14,32,39H,1-6H3,(H,30,40). The van der Waals surface area contributed by atoms with Crippen LogP contribution in [0.15, 0.2) is 58.1 Å². The molecule has 48 heavy (non-hydrogen) atoms. The van der Waals surface area contributed by atoms with Crippen LogP contribution in [0.5, 0.6) is 11.5 Å². The molecule has 250 valence electrons. The van der Waals surface area contributed by atoms with Gasteiger partial charge < -0.3 is 20.1 Å². The smallest absolute Gasteiger partial charge is 0.414 e. The Kier molecular flexibility index (Phi) is 8.40. The summed E-state index contributed by atoms with van der Waals surface area (Å²) in [4.78, 5) is 67.5. The predicted molar refractivity (Wildman–Crippen MR) is 175 cm³/mol. The number of benzene rings is 3. The summed E-state index contributed by atoms with van der Waals surface area (Å²) in [6.07, 6.45) is 0.159. The quantitative estimate of drug-likeness (QED) is 0.233. The van der Waals surface area contributed by atoms with Gasteiger partial charge in [-0.2, -0.15) is 4.68 Å². The zero-order valence-corrected chi connectivity index (χ0v) is 27.2. The SMILES string of the molecule is CN(C)C(=O)Oc1cc(C(=O)Nc2ccc(NS(C)(=O)=O)cc2)c(O)c2cccc(N(C)C(=O)n3nnc4c3c(=O)n(C)c(=O)n4C)c12. The van der Waals surface area contributed by atoms with Crippen molar-refractivity contribution in [2.75, 3.05) is 42.3 Å². The second-order valence-electron chi connectivity index (χ2n) is 10.9. The van der Waals surface area contributed by atoms with E-state index in [9.17, 15) is 37.5 Å². The van der Waals surface area contributed by atoms with Gasteiger partial charge in [0.1, 0.15) is 11.5 Å². The fourth-order valence-corrected chi connectivity index (χ4v) is 5.36. The number of sulfonamides is 1. The molecule has 0 radical (unpaired) electrons. The lowest BCUT2D eigenvalue weighted by Gasteiger charge is -2.22. The third-order valence-electron chi connectivity index (χ3n) is 7.21. The first kappa shape index (κ1) is 33.1. The van der Waals surface area contributed by atoms with E-state index >= 15 is 0 Å². The highest BCUT2D eigenvalue weighted by molar-refractivity contribution is 7.92. The maximum Gasteiger partial charge on any atom is 0.414 e. The van der Waals surface area contributed by atoms with Gasteiger partial charge in [0.05, 0.1) is 22.9 Å². The van der Waals surface area contributed by atoms with E-state index in [1.54, 1.807) is 0 Å². The van der Waals surface area contributed by atoms with E-state index in [-0.39, 0.29) is 50.3 Å². The molecule has 0 aliphatic rings. The highest BCUT2D eigenvalue weighted by atomic mass is 32.2. The first-order valence-corrected chi connectivity index (χ1v) is 15.8. The largest absolute Gasteiger partial charge is 0.506 e. The van der Waals surface area contributed by atoms with Crippen LogP contribution in [0.2, 0.25) is 0 Å². The van der Waals surface area contributed by atoms with Crippen molar-refractivity contribution >= 4 is 67.1 Å². The summed E-state index contributed by atoms with van der Waals surface area (Å²) in [5.41, 5.74) is -1.56. The molecule has 0 saturated carbocycles. The molecule has 3 amide bonds. The molecule has 0 fully saturated rings. The molecular formula is C29H29N9O9S. The molecule has 5 aromatic rings. The van der Waals surface area contributed by atoms with E-state index in [1.807, 2.05) is 0 Å². The molecule has 5 rings (SSSR count). The van der Waals surface area contributed by atoms with Crippen molar-refractivity contribution < 1.29 is 32.6 Å². The summed E-state index contributed by atoms with van der Waals surface area (Å²) < 4.78 is 33.5. The molecule has 3 N–H and O–H groups in total.